The van der Waals surface area contributed by atoms with Gasteiger partial charge in [0.15, 0.2) is 0 Å². The Labute approximate surface area is 196 Å². The number of nitrogens with zero attached hydrogens (tertiary/aromatic N) is 2. The number of hydrogen-bond acceptors (Lipinski definition) is 5. The number of aromatic amines is 1. The number of anilines is 2. The molecule has 3 aromatic rings. The lowest BCUT2D eigenvalue weighted by Gasteiger charge is -2.24. The molecule has 2 aliphatic rings. The van der Waals surface area contributed by atoms with Gasteiger partial charge in [-0.2, -0.15) is 13.2 Å². The summed E-state index contributed by atoms with van der Waals surface area (Å²) >= 11 is 3.48. The molecule has 3 heterocycles. The molecule has 7 nitrogen and oxygen atoms in total. The van der Waals surface area contributed by atoms with E-state index in [4.69, 9.17) is 0 Å². The summed E-state index contributed by atoms with van der Waals surface area (Å²) in [4.78, 5) is 23.4. The third-order valence-electron chi connectivity index (χ3n) is 5.98. The van der Waals surface area contributed by atoms with E-state index in [0.717, 1.165) is 38.4 Å². The van der Waals surface area contributed by atoms with E-state index in [9.17, 15) is 18.0 Å². The molecular weight excluding hydrogens is 501 g/mol. The number of halogens is 4. The Morgan fingerprint density at radius 2 is 2.03 bits per heavy atom. The molecule has 1 saturated heterocycles. The van der Waals surface area contributed by atoms with Crippen molar-refractivity contribution in [3.63, 3.8) is 0 Å². The highest BCUT2D eigenvalue weighted by molar-refractivity contribution is 9.10. The van der Waals surface area contributed by atoms with Crippen LogP contribution in [0.3, 0.4) is 0 Å². The van der Waals surface area contributed by atoms with Crippen LogP contribution in [0.4, 0.5) is 24.8 Å². The van der Waals surface area contributed by atoms with Crippen LogP contribution in [0.2, 0.25) is 0 Å². The minimum atomic E-state index is -4.61. The number of amides is 1. The number of hydrogen-bond donors (Lipinski definition) is 4. The zero-order chi connectivity index (χ0) is 23.2. The van der Waals surface area contributed by atoms with Crippen molar-refractivity contribution >= 4 is 44.4 Å². The number of fused-ring (bicyclic) bond motifs is 1. The Kier molecular flexibility index (Phi) is 5.77. The van der Waals surface area contributed by atoms with Gasteiger partial charge in [0.1, 0.15) is 5.56 Å². The smallest absolute Gasteiger partial charge is 0.360 e. The van der Waals surface area contributed by atoms with Crippen LogP contribution in [-0.4, -0.2) is 40.0 Å². The van der Waals surface area contributed by atoms with E-state index < -0.39 is 11.7 Å². The maximum absolute atomic E-state index is 13.8. The maximum Gasteiger partial charge on any atom is 0.419 e. The number of H-pyrrole nitrogens is 1. The zero-order valence-electron chi connectivity index (χ0n) is 17.5. The summed E-state index contributed by atoms with van der Waals surface area (Å²) < 4.78 is 42.0. The van der Waals surface area contributed by atoms with Crippen LogP contribution in [0.1, 0.15) is 31.2 Å². The molecule has 0 bridgehead atoms. The van der Waals surface area contributed by atoms with Crippen molar-refractivity contribution in [3.05, 3.63) is 34.6 Å². The summed E-state index contributed by atoms with van der Waals surface area (Å²) in [6, 6.07) is 3.43. The lowest BCUT2D eigenvalue weighted by molar-refractivity contribution is -0.137. The molecule has 2 aromatic heterocycles. The molecule has 2 fully saturated rings. The van der Waals surface area contributed by atoms with Crippen molar-refractivity contribution in [1.29, 1.82) is 0 Å². The molecule has 1 amide bonds. The summed E-state index contributed by atoms with van der Waals surface area (Å²) in [5, 5.41) is 9.84. The maximum atomic E-state index is 13.8. The number of piperidine rings is 1. The van der Waals surface area contributed by atoms with Crippen LogP contribution in [0.15, 0.2) is 29.0 Å². The first-order valence-electron chi connectivity index (χ1n) is 10.8. The van der Waals surface area contributed by atoms with Crippen molar-refractivity contribution in [2.75, 3.05) is 23.7 Å². The molecule has 0 radical (unpaired) electrons. The molecular formula is C22H22BrF3N6O. The lowest BCUT2D eigenvalue weighted by Crippen LogP contribution is -2.38. The van der Waals surface area contributed by atoms with Gasteiger partial charge in [0.25, 0.3) is 0 Å². The minimum absolute atomic E-state index is 0.0347. The topological polar surface area (TPSA) is 94.7 Å². The van der Waals surface area contributed by atoms with Gasteiger partial charge in [-0.1, -0.05) is 6.07 Å². The van der Waals surface area contributed by atoms with Gasteiger partial charge in [0, 0.05) is 41.8 Å². The first-order chi connectivity index (χ1) is 15.8. The number of rotatable bonds is 5. The van der Waals surface area contributed by atoms with Crippen molar-refractivity contribution < 1.29 is 18.0 Å². The van der Waals surface area contributed by atoms with Crippen LogP contribution >= 0.6 is 15.9 Å². The highest BCUT2D eigenvalue weighted by Crippen LogP contribution is 2.41. The minimum Gasteiger partial charge on any atom is -0.360 e. The van der Waals surface area contributed by atoms with Gasteiger partial charge in [0.05, 0.1) is 21.4 Å². The van der Waals surface area contributed by atoms with Crippen molar-refractivity contribution in [2.45, 2.75) is 37.9 Å². The van der Waals surface area contributed by atoms with Crippen molar-refractivity contribution in [1.82, 2.24) is 20.3 Å². The third kappa shape index (κ3) is 4.56. The molecule has 0 spiro atoms. The molecule has 5 rings (SSSR count). The van der Waals surface area contributed by atoms with Crippen LogP contribution in [-0.2, 0) is 11.0 Å². The number of aromatic nitrogens is 3. The van der Waals surface area contributed by atoms with Gasteiger partial charge in [0.2, 0.25) is 11.9 Å². The molecule has 174 valence electrons. The number of nitrogens with one attached hydrogen (secondary N) is 4. The molecule has 1 atom stereocenters. The monoisotopic (exact) mass is 522 g/mol. The van der Waals surface area contributed by atoms with E-state index in [1.165, 1.54) is 6.20 Å². The second kappa shape index (κ2) is 8.60. The molecule has 4 N–H and O–H groups in total. The zero-order valence-corrected chi connectivity index (χ0v) is 19.1. The normalized spacial score (nSPS) is 19.0. The van der Waals surface area contributed by atoms with Gasteiger partial charge in [-0.3, -0.25) is 4.79 Å². The molecule has 11 heteroatoms. The highest BCUT2D eigenvalue weighted by atomic mass is 79.9. The van der Waals surface area contributed by atoms with E-state index in [0.29, 0.717) is 33.2 Å². The van der Waals surface area contributed by atoms with E-state index in [1.807, 2.05) is 0 Å². The van der Waals surface area contributed by atoms with E-state index >= 15 is 0 Å². The van der Waals surface area contributed by atoms with Crippen molar-refractivity contribution in [2.24, 2.45) is 5.92 Å². The summed E-state index contributed by atoms with van der Waals surface area (Å²) in [7, 11) is 0. The molecule has 1 aromatic carbocycles. The summed E-state index contributed by atoms with van der Waals surface area (Å²) in [5.41, 5.74) is 0.356. The van der Waals surface area contributed by atoms with E-state index in [2.05, 4.69) is 46.8 Å². The summed E-state index contributed by atoms with van der Waals surface area (Å²) in [5.74, 6) is 0.144. The Balaban J connectivity index is 1.53. The van der Waals surface area contributed by atoms with Crippen LogP contribution in [0.25, 0.3) is 22.2 Å². The number of carbonyl (C=O) groups is 1. The van der Waals surface area contributed by atoms with Gasteiger partial charge >= 0.3 is 6.18 Å². The van der Waals surface area contributed by atoms with Gasteiger partial charge in [-0.05, 0) is 54.2 Å². The lowest BCUT2D eigenvalue weighted by atomic mass is 10.1. The molecule has 1 aliphatic heterocycles. The third-order valence-corrected chi connectivity index (χ3v) is 6.80. The Morgan fingerprint density at radius 1 is 1.21 bits per heavy atom. The quantitative estimate of drug-likeness (QED) is 0.381. The standard InChI is InChI=1S/C22H22BrF3N6O/c23-17-16(31-20(33)11-3-4-11)6-5-13-14(9-28-19(13)17)18-15(22(24,25)26)10-29-21(32-18)30-12-2-1-7-27-8-12/h5-6,9-12,27-28H,1-4,7-8H2,(H,31,33)(H,29,30,32)/t12-/m0/s1. The van der Waals surface area contributed by atoms with Gasteiger partial charge in [-0.25, -0.2) is 9.97 Å². The number of carbonyl (C=O) groups excluding carboxylic acids is 1. The largest absolute Gasteiger partial charge is 0.419 e. The van der Waals surface area contributed by atoms with Crippen molar-refractivity contribution in [3.8, 4) is 11.3 Å². The molecule has 1 aliphatic carbocycles. The fourth-order valence-electron chi connectivity index (χ4n) is 4.06. The van der Waals surface area contributed by atoms with E-state index in [-0.39, 0.29) is 29.5 Å². The molecule has 1 saturated carbocycles. The second-order valence-electron chi connectivity index (χ2n) is 8.46. The molecule has 33 heavy (non-hydrogen) atoms. The summed E-state index contributed by atoms with van der Waals surface area (Å²) in [6.07, 6.45) is 1.34. The average Bonchev–Trinajstić information content (AvgIpc) is 3.55. The predicted molar refractivity (Wildman–Crippen MR) is 123 cm³/mol. The van der Waals surface area contributed by atoms with E-state index in [1.54, 1.807) is 12.1 Å². The predicted octanol–water partition coefficient (Wildman–Crippen LogP) is 4.92. The van der Waals surface area contributed by atoms with Gasteiger partial charge in [-0.15, -0.1) is 0 Å². The SMILES string of the molecule is O=C(Nc1ccc2c(-c3nc(N[C@H]4CCCNC4)ncc3C(F)(F)F)c[nH]c2c1Br)C1CC1. The Morgan fingerprint density at radius 3 is 2.73 bits per heavy atom. The average molecular weight is 523 g/mol. The van der Waals surface area contributed by atoms with Crippen LogP contribution in [0.5, 0.6) is 0 Å². The number of alkyl halides is 3. The summed E-state index contributed by atoms with van der Waals surface area (Å²) in [6.45, 7) is 1.62. The van der Waals surface area contributed by atoms with Crippen LogP contribution in [0, 0.1) is 5.92 Å². The Hall–Kier alpha value is -2.66. The first-order valence-corrected chi connectivity index (χ1v) is 11.6. The fourth-order valence-corrected chi connectivity index (χ4v) is 4.62. The first kappa shape index (κ1) is 22.1. The van der Waals surface area contributed by atoms with Crippen LogP contribution < -0.4 is 16.0 Å². The highest BCUT2D eigenvalue weighted by Gasteiger charge is 2.36. The fraction of sp³-hybridized carbons (Fsp3) is 0.409. The van der Waals surface area contributed by atoms with Gasteiger partial charge < -0.3 is 20.9 Å². The molecule has 0 unspecified atom stereocenters. The number of benzene rings is 1. The second-order valence-corrected chi connectivity index (χ2v) is 9.25. The Bertz CT molecular complexity index is 1200.